The number of aromatic nitrogens is 2. The molecule has 2 rings (SSSR count). The number of benzene rings is 1. The molecule has 5 heteroatoms. The van der Waals surface area contributed by atoms with Crippen LogP contribution in [0.1, 0.15) is 42.8 Å². The van der Waals surface area contributed by atoms with Crippen molar-refractivity contribution >= 4 is 5.91 Å². The van der Waals surface area contributed by atoms with Crippen molar-refractivity contribution in [1.29, 1.82) is 0 Å². The monoisotopic (exact) mass is 356 g/mol. The summed E-state index contributed by atoms with van der Waals surface area (Å²) in [6.07, 6.45) is 1.20. The molecule has 2 N–H and O–H groups in total. The molecule has 0 saturated carbocycles. The lowest BCUT2D eigenvalue weighted by Gasteiger charge is -2.23. The quantitative estimate of drug-likeness (QED) is 0.751. The molecule has 0 aliphatic rings. The highest BCUT2D eigenvalue weighted by atomic mass is 16.2. The van der Waals surface area contributed by atoms with Crippen LogP contribution in [-0.4, -0.2) is 33.7 Å². The maximum atomic E-state index is 13.0. The normalized spacial score (nSPS) is 11.2. The van der Waals surface area contributed by atoms with Crippen LogP contribution in [0.5, 0.6) is 0 Å². The molecule has 1 aromatic carbocycles. The van der Waals surface area contributed by atoms with Gasteiger partial charge in [-0.2, -0.15) is 5.10 Å². The summed E-state index contributed by atoms with van der Waals surface area (Å²) in [5.41, 5.74) is 9.92. The molecule has 0 atom stereocenters. The zero-order chi connectivity index (χ0) is 19.1. The van der Waals surface area contributed by atoms with Crippen molar-refractivity contribution < 1.29 is 4.79 Å². The number of hydrogen-bond donors (Lipinski definition) is 1. The number of hydrogen-bond acceptors (Lipinski definition) is 3. The molecule has 26 heavy (non-hydrogen) atoms. The molecule has 0 fully saturated rings. The Hall–Kier alpha value is -2.14. The Labute approximate surface area is 157 Å². The Morgan fingerprint density at radius 3 is 2.54 bits per heavy atom. The van der Waals surface area contributed by atoms with E-state index < -0.39 is 0 Å². The van der Waals surface area contributed by atoms with Gasteiger partial charge in [-0.05, 0) is 38.3 Å². The van der Waals surface area contributed by atoms with Gasteiger partial charge in [0.05, 0.1) is 12.1 Å². The van der Waals surface area contributed by atoms with E-state index in [-0.39, 0.29) is 5.91 Å². The van der Waals surface area contributed by atoms with Gasteiger partial charge in [0.15, 0.2) is 0 Å². The first-order chi connectivity index (χ1) is 12.4. The lowest BCUT2D eigenvalue weighted by Crippen LogP contribution is -2.34. The molecule has 1 aromatic heterocycles. The van der Waals surface area contributed by atoms with Crippen molar-refractivity contribution in [2.45, 2.75) is 53.6 Å². The maximum absolute atomic E-state index is 13.0. The van der Waals surface area contributed by atoms with E-state index in [1.807, 2.05) is 34.7 Å². The van der Waals surface area contributed by atoms with E-state index in [1.54, 1.807) is 0 Å². The molecule has 5 nitrogen and oxygen atoms in total. The van der Waals surface area contributed by atoms with Gasteiger partial charge in [0.25, 0.3) is 0 Å². The highest BCUT2D eigenvalue weighted by Crippen LogP contribution is 2.17. The third kappa shape index (κ3) is 5.43. The average Bonchev–Trinajstić information content (AvgIpc) is 2.86. The van der Waals surface area contributed by atoms with Crippen molar-refractivity contribution in [3.63, 3.8) is 0 Å². The maximum Gasteiger partial charge on any atom is 0.227 e. The highest BCUT2D eigenvalue weighted by molar-refractivity contribution is 5.79. The van der Waals surface area contributed by atoms with Crippen LogP contribution in [0.4, 0.5) is 0 Å². The summed E-state index contributed by atoms with van der Waals surface area (Å²) in [7, 11) is 0. The van der Waals surface area contributed by atoms with E-state index in [1.165, 1.54) is 0 Å². The number of amides is 1. The summed E-state index contributed by atoms with van der Waals surface area (Å²) in [5.74, 6) is 0.660. The van der Waals surface area contributed by atoms with Crippen molar-refractivity contribution in [3.8, 4) is 0 Å². The minimum absolute atomic E-state index is 0.137. The molecule has 0 bridgehead atoms. The molecular weight excluding hydrogens is 324 g/mol. The lowest BCUT2D eigenvalue weighted by molar-refractivity contribution is -0.131. The third-order valence-corrected chi connectivity index (χ3v) is 4.60. The van der Waals surface area contributed by atoms with Gasteiger partial charge in [-0.1, -0.05) is 44.2 Å². The molecule has 0 radical (unpaired) electrons. The standard InChI is InChI=1S/C21H32N4O/c1-16(2)14-25-18(4)20(17(3)23-25)13-21(26)24(12-8-11-22)15-19-9-6-5-7-10-19/h5-7,9-10,16H,8,11-15,22H2,1-4H3. The first-order valence-electron chi connectivity index (χ1n) is 9.47. The van der Waals surface area contributed by atoms with Gasteiger partial charge < -0.3 is 10.6 Å². The molecule has 0 unspecified atom stereocenters. The van der Waals surface area contributed by atoms with Gasteiger partial charge >= 0.3 is 0 Å². The van der Waals surface area contributed by atoms with Crippen LogP contribution >= 0.6 is 0 Å². The number of carbonyl (C=O) groups is 1. The largest absolute Gasteiger partial charge is 0.338 e. The molecular formula is C21H32N4O. The van der Waals surface area contributed by atoms with Gasteiger partial charge in [0.1, 0.15) is 0 Å². The van der Waals surface area contributed by atoms with Crippen molar-refractivity contribution in [3.05, 3.63) is 52.8 Å². The summed E-state index contributed by atoms with van der Waals surface area (Å²) in [6.45, 7) is 11.2. The van der Waals surface area contributed by atoms with Crippen LogP contribution in [0.15, 0.2) is 30.3 Å². The number of nitrogens with two attached hydrogens (primary N) is 1. The number of nitrogens with zero attached hydrogens (tertiary/aromatic N) is 3. The Morgan fingerprint density at radius 2 is 1.92 bits per heavy atom. The lowest BCUT2D eigenvalue weighted by atomic mass is 10.1. The molecule has 0 saturated heterocycles. The van der Waals surface area contributed by atoms with Crippen LogP contribution in [0, 0.1) is 19.8 Å². The SMILES string of the molecule is Cc1nn(CC(C)C)c(C)c1CC(=O)N(CCCN)Cc1ccccc1. The molecule has 1 amide bonds. The second kappa shape index (κ2) is 9.53. The number of carbonyl (C=O) groups excluding carboxylic acids is 1. The third-order valence-electron chi connectivity index (χ3n) is 4.60. The van der Waals surface area contributed by atoms with Gasteiger partial charge in [-0.15, -0.1) is 0 Å². The van der Waals surface area contributed by atoms with Crippen molar-refractivity contribution in [2.24, 2.45) is 11.7 Å². The van der Waals surface area contributed by atoms with E-state index in [0.29, 0.717) is 32.0 Å². The first-order valence-corrected chi connectivity index (χ1v) is 9.47. The van der Waals surface area contributed by atoms with Crippen LogP contribution in [0.3, 0.4) is 0 Å². The Morgan fingerprint density at radius 1 is 1.23 bits per heavy atom. The summed E-state index contributed by atoms with van der Waals surface area (Å²) in [5, 5.41) is 4.63. The van der Waals surface area contributed by atoms with E-state index in [4.69, 9.17) is 5.73 Å². The topological polar surface area (TPSA) is 64.2 Å². The smallest absolute Gasteiger partial charge is 0.227 e. The molecule has 0 aliphatic carbocycles. The fourth-order valence-electron chi connectivity index (χ4n) is 3.15. The minimum atomic E-state index is 0.137. The van der Waals surface area contributed by atoms with Crippen LogP contribution in [0.2, 0.25) is 0 Å². The van der Waals surface area contributed by atoms with Crippen LogP contribution in [-0.2, 0) is 24.3 Å². The fraction of sp³-hybridized carbons (Fsp3) is 0.524. The van der Waals surface area contributed by atoms with Gasteiger partial charge in [0.2, 0.25) is 5.91 Å². The Kier molecular flexibility index (Phi) is 7.39. The summed E-state index contributed by atoms with van der Waals surface area (Å²) >= 11 is 0. The van der Waals surface area contributed by atoms with Crippen LogP contribution in [0.25, 0.3) is 0 Å². The van der Waals surface area contributed by atoms with E-state index in [0.717, 1.165) is 35.5 Å². The second-order valence-corrected chi connectivity index (χ2v) is 7.35. The fourth-order valence-corrected chi connectivity index (χ4v) is 3.15. The second-order valence-electron chi connectivity index (χ2n) is 7.35. The summed E-state index contributed by atoms with van der Waals surface area (Å²) < 4.78 is 2.03. The van der Waals surface area contributed by atoms with E-state index in [9.17, 15) is 4.79 Å². The van der Waals surface area contributed by atoms with Crippen molar-refractivity contribution in [1.82, 2.24) is 14.7 Å². The minimum Gasteiger partial charge on any atom is -0.338 e. The number of rotatable bonds is 9. The number of aryl methyl sites for hydroxylation is 1. The van der Waals surface area contributed by atoms with Gasteiger partial charge in [-0.25, -0.2) is 0 Å². The predicted molar refractivity (Wildman–Crippen MR) is 106 cm³/mol. The molecule has 0 spiro atoms. The Balaban J connectivity index is 2.14. The zero-order valence-corrected chi connectivity index (χ0v) is 16.5. The van der Waals surface area contributed by atoms with E-state index in [2.05, 4.69) is 38.0 Å². The molecule has 1 heterocycles. The average molecular weight is 357 g/mol. The summed E-state index contributed by atoms with van der Waals surface area (Å²) in [4.78, 5) is 14.9. The Bertz CT molecular complexity index is 706. The zero-order valence-electron chi connectivity index (χ0n) is 16.5. The van der Waals surface area contributed by atoms with E-state index >= 15 is 0 Å². The van der Waals surface area contributed by atoms with Crippen LogP contribution < -0.4 is 5.73 Å². The van der Waals surface area contributed by atoms with Gasteiger partial charge in [-0.3, -0.25) is 9.48 Å². The summed E-state index contributed by atoms with van der Waals surface area (Å²) in [6, 6.07) is 10.1. The highest BCUT2D eigenvalue weighted by Gasteiger charge is 2.19. The molecule has 0 aliphatic heterocycles. The van der Waals surface area contributed by atoms with Crippen molar-refractivity contribution in [2.75, 3.05) is 13.1 Å². The van der Waals surface area contributed by atoms with Gasteiger partial charge in [0, 0.05) is 30.9 Å². The molecule has 142 valence electrons. The molecule has 2 aromatic rings. The predicted octanol–water partition coefficient (Wildman–Crippen LogP) is 3.08. The first kappa shape index (κ1) is 20.2.